The van der Waals surface area contributed by atoms with Gasteiger partial charge in [0.05, 0.1) is 29.7 Å². The number of methoxy groups -OCH3 is 1. The molecule has 2 unspecified atom stereocenters. The standard InChI is InChI=1S/C25H23F3N2O2/c1-15-18(16-10-12-17(32-2)13-11-16)14-19-20(25(26,27)28)6-5-9-22(19)30(24(15)31)23-8-4-3-7-21(23)29/h3-13,15,18H,14,29H2,1-2H3. The number of amides is 1. The minimum absolute atomic E-state index is 0.0630. The number of benzene rings is 3. The van der Waals surface area contributed by atoms with Crippen LogP contribution in [0.1, 0.15) is 29.5 Å². The summed E-state index contributed by atoms with van der Waals surface area (Å²) in [5.41, 5.74) is 7.17. The molecule has 1 aliphatic heterocycles. The topological polar surface area (TPSA) is 55.6 Å². The third-order valence-corrected chi connectivity index (χ3v) is 6.06. The van der Waals surface area contributed by atoms with Crippen LogP contribution in [-0.2, 0) is 17.4 Å². The van der Waals surface area contributed by atoms with E-state index in [0.29, 0.717) is 17.1 Å². The third-order valence-electron chi connectivity index (χ3n) is 6.06. The number of hydrogen-bond donors (Lipinski definition) is 1. The fourth-order valence-electron chi connectivity index (χ4n) is 4.35. The summed E-state index contributed by atoms with van der Waals surface area (Å²) >= 11 is 0. The molecule has 1 heterocycles. The molecule has 0 saturated heterocycles. The van der Waals surface area contributed by atoms with Crippen molar-refractivity contribution in [1.82, 2.24) is 0 Å². The number of carbonyl (C=O) groups is 1. The van der Waals surface area contributed by atoms with E-state index in [1.807, 2.05) is 0 Å². The smallest absolute Gasteiger partial charge is 0.416 e. The number of nitrogen functional groups attached to an aromatic ring is 1. The lowest BCUT2D eigenvalue weighted by Gasteiger charge is -2.27. The molecule has 7 heteroatoms. The predicted octanol–water partition coefficient (Wildman–Crippen LogP) is 5.94. The Bertz CT molecular complexity index is 1140. The summed E-state index contributed by atoms with van der Waals surface area (Å²) in [6.45, 7) is 1.75. The van der Waals surface area contributed by atoms with E-state index < -0.39 is 23.6 Å². The molecule has 4 rings (SSSR count). The maximum absolute atomic E-state index is 14.0. The van der Waals surface area contributed by atoms with Gasteiger partial charge in [0.25, 0.3) is 0 Å². The molecule has 0 aliphatic carbocycles. The largest absolute Gasteiger partial charge is 0.497 e. The SMILES string of the molecule is COc1ccc(C2Cc3c(cccc3C(F)(F)F)N(c3ccccc3N)C(=O)C2C)cc1. The van der Waals surface area contributed by atoms with Crippen molar-refractivity contribution >= 4 is 23.0 Å². The van der Waals surface area contributed by atoms with Crippen molar-refractivity contribution in [3.05, 3.63) is 83.4 Å². The molecule has 0 saturated carbocycles. The first-order chi connectivity index (χ1) is 15.2. The number of anilines is 3. The lowest BCUT2D eigenvalue weighted by Crippen LogP contribution is -2.33. The van der Waals surface area contributed by atoms with E-state index in [1.54, 1.807) is 68.6 Å². The first kappa shape index (κ1) is 21.7. The molecule has 0 aromatic heterocycles. The molecule has 3 aromatic carbocycles. The molecule has 0 spiro atoms. The van der Waals surface area contributed by atoms with E-state index in [4.69, 9.17) is 10.5 Å². The van der Waals surface area contributed by atoms with Crippen LogP contribution < -0.4 is 15.4 Å². The minimum atomic E-state index is -4.56. The molecule has 0 bridgehead atoms. The summed E-state index contributed by atoms with van der Waals surface area (Å²) in [6, 6.07) is 17.8. The quantitative estimate of drug-likeness (QED) is 0.513. The van der Waals surface area contributed by atoms with Gasteiger partial charge < -0.3 is 10.5 Å². The zero-order valence-electron chi connectivity index (χ0n) is 17.7. The second-order valence-corrected chi connectivity index (χ2v) is 7.91. The molecule has 3 aromatic rings. The van der Waals surface area contributed by atoms with Crippen LogP contribution in [0.3, 0.4) is 0 Å². The Morgan fingerprint density at radius 3 is 2.25 bits per heavy atom. The monoisotopic (exact) mass is 440 g/mol. The summed E-state index contributed by atoms with van der Waals surface area (Å²) in [5, 5.41) is 0. The summed E-state index contributed by atoms with van der Waals surface area (Å²) in [7, 11) is 1.54. The van der Waals surface area contributed by atoms with Crippen LogP contribution in [0.2, 0.25) is 0 Å². The van der Waals surface area contributed by atoms with Gasteiger partial charge in [-0.2, -0.15) is 13.2 Å². The maximum atomic E-state index is 14.0. The summed E-state index contributed by atoms with van der Waals surface area (Å²) in [6.07, 6.45) is -4.49. The van der Waals surface area contributed by atoms with Gasteiger partial charge in [-0.25, -0.2) is 0 Å². The number of ether oxygens (including phenoxy) is 1. The van der Waals surface area contributed by atoms with Crippen LogP contribution in [-0.4, -0.2) is 13.0 Å². The highest BCUT2D eigenvalue weighted by Crippen LogP contribution is 2.46. The van der Waals surface area contributed by atoms with Gasteiger partial charge in [-0.05, 0) is 59.9 Å². The predicted molar refractivity (Wildman–Crippen MR) is 118 cm³/mol. The molecule has 0 fully saturated rings. The van der Waals surface area contributed by atoms with Crippen molar-refractivity contribution in [3.63, 3.8) is 0 Å². The number of para-hydroxylation sites is 2. The van der Waals surface area contributed by atoms with Gasteiger partial charge >= 0.3 is 6.18 Å². The molecule has 0 radical (unpaired) electrons. The normalized spacial score (nSPS) is 18.8. The lowest BCUT2D eigenvalue weighted by atomic mass is 9.82. The third kappa shape index (κ3) is 3.79. The molecule has 2 atom stereocenters. The molecule has 32 heavy (non-hydrogen) atoms. The van der Waals surface area contributed by atoms with E-state index >= 15 is 0 Å². The number of halogens is 3. The lowest BCUT2D eigenvalue weighted by molar-refractivity contribution is -0.138. The Kier molecular flexibility index (Phi) is 5.59. The van der Waals surface area contributed by atoms with Crippen LogP contribution in [0.5, 0.6) is 5.75 Å². The minimum Gasteiger partial charge on any atom is -0.497 e. The number of fused-ring (bicyclic) bond motifs is 1. The second-order valence-electron chi connectivity index (χ2n) is 7.91. The van der Waals surface area contributed by atoms with Crippen molar-refractivity contribution in [3.8, 4) is 5.75 Å². The van der Waals surface area contributed by atoms with Crippen LogP contribution in [0.25, 0.3) is 0 Å². The van der Waals surface area contributed by atoms with Crippen LogP contribution in [0.4, 0.5) is 30.2 Å². The molecule has 1 aliphatic rings. The first-order valence-electron chi connectivity index (χ1n) is 10.2. The Morgan fingerprint density at radius 1 is 0.969 bits per heavy atom. The van der Waals surface area contributed by atoms with E-state index in [9.17, 15) is 18.0 Å². The zero-order chi connectivity index (χ0) is 23.0. The van der Waals surface area contributed by atoms with Crippen molar-refractivity contribution < 1.29 is 22.7 Å². The van der Waals surface area contributed by atoms with Crippen molar-refractivity contribution in [2.45, 2.75) is 25.4 Å². The molecule has 2 N–H and O–H groups in total. The molecular weight excluding hydrogens is 417 g/mol. The average Bonchev–Trinajstić information content (AvgIpc) is 2.88. The Balaban J connectivity index is 1.94. The second kappa shape index (κ2) is 8.22. The van der Waals surface area contributed by atoms with E-state index in [-0.39, 0.29) is 23.6 Å². The Hall–Kier alpha value is -3.48. The maximum Gasteiger partial charge on any atom is 0.416 e. The highest BCUT2D eigenvalue weighted by atomic mass is 19.4. The Morgan fingerprint density at radius 2 is 1.62 bits per heavy atom. The molecule has 166 valence electrons. The van der Waals surface area contributed by atoms with Crippen molar-refractivity contribution in [2.24, 2.45) is 5.92 Å². The average molecular weight is 440 g/mol. The fraction of sp³-hybridized carbons (Fsp3) is 0.240. The fourth-order valence-corrected chi connectivity index (χ4v) is 4.35. The Labute approximate surface area is 184 Å². The number of hydrogen-bond acceptors (Lipinski definition) is 3. The van der Waals surface area contributed by atoms with Gasteiger partial charge in [-0.15, -0.1) is 0 Å². The van der Waals surface area contributed by atoms with Crippen LogP contribution in [0.15, 0.2) is 66.7 Å². The number of rotatable bonds is 3. The molecule has 1 amide bonds. The number of nitrogens with zero attached hydrogens (tertiary/aromatic N) is 1. The van der Waals surface area contributed by atoms with E-state index in [0.717, 1.165) is 11.6 Å². The van der Waals surface area contributed by atoms with Crippen LogP contribution >= 0.6 is 0 Å². The highest BCUT2D eigenvalue weighted by Gasteiger charge is 2.41. The van der Waals surface area contributed by atoms with Gasteiger partial charge in [-0.3, -0.25) is 9.69 Å². The van der Waals surface area contributed by atoms with Gasteiger partial charge in [0, 0.05) is 5.92 Å². The van der Waals surface area contributed by atoms with Gasteiger partial charge in [0.15, 0.2) is 0 Å². The summed E-state index contributed by atoms with van der Waals surface area (Å²) < 4.78 is 47.2. The van der Waals surface area contributed by atoms with Gasteiger partial charge in [-0.1, -0.05) is 37.3 Å². The molecular formula is C25H23F3N2O2. The number of carbonyl (C=O) groups excluding carboxylic acids is 1. The van der Waals surface area contributed by atoms with Crippen LogP contribution in [0, 0.1) is 5.92 Å². The number of nitrogens with two attached hydrogens (primary N) is 1. The molecule has 4 nitrogen and oxygen atoms in total. The zero-order valence-corrected chi connectivity index (χ0v) is 17.7. The highest BCUT2D eigenvalue weighted by molar-refractivity contribution is 6.05. The first-order valence-corrected chi connectivity index (χ1v) is 10.2. The van der Waals surface area contributed by atoms with Gasteiger partial charge in [0.2, 0.25) is 5.91 Å². The summed E-state index contributed by atoms with van der Waals surface area (Å²) in [4.78, 5) is 15.0. The van der Waals surface area contributed by atoms with E-state index in [2.05, 4.69) is 0 Å². The van der Waals surface area contributed by atoms with Crippen molar-refractivity contribution in [1.29, 1.82) is 0 Å². The summed E-state index contributed by atoms with van der Waals surface area (Å²) in [5.74, 6) is -0.708. The van der Waals surface area contributed by atoms with Gasteiger partial charge in [0.1, 0.15) is 5.75 Å². The van der Waals surface area contributed by atoms with E-state index in [1.165, 1.54) is 11.0 Å². The number of alkyl halides is 3. The van der Waals surface area contributed by atoms with Crippen molar-refractivity contribution in [2.75, 3.05) is 17.7 Å².